The molecule has 7 nitrogen and oxygen atoms in total. The average molecular weight is 448 g/mol. The van der Waals surface area contributed by atoms with Crippen molar-refractivity contribution in [3.05, 3.63) is 56.6 Å². The van der Waals surface area contributed by atoms with Gasteiger partial charge >= 0.3 is 0 Å². The Bertz CT molecular complexity index is 981. The fourth-order valence-electron chi connectivity index (χ4n) is 2.72. The van der Waals surface area contributed by atoms with E-state index in [1.165, 1.54) is 16.4 Å². The summed E-state index contributed by atoms with van der Waals surface area (Å²) in [5.41, 5.74) is 5.52. The molecule has 11 heteroatoms. The minimum Gasteiger partial charge on any atom is -0.326 e. The van der Waals surface area contributed by atoms with Gasteiger partial charge in [0.15, 0.2) is 0 Å². The highest BCUT2D eigenvalue weighted by Gasteiger charge is 2.33. The number of nitrogens with two attached hydrogens (primary N) is 1. The molecule has 2 aromatic rings. The van der Waals surface area contributed by atoms with E-state index in [0.717, 1.165) is 17.8 Å². The van der Waals surface area contributed by atoms with Crippen LogP contribution in [-0.2, 0) is 10.0 Å². The Kier molecular flexibility index (Phi) is 5.99. The normalized spacial score (nSPS) is 18.0. The largest absolute Gasteiger partial charge is 0.326 e. The molecule has 1 aliphatic heterocycles. The predicted molar refractivity (Wildman–Crippen MR) is 105 cm³/mol. The van der Waals surface area contributed by atoms with Crippen molar-refractivity contribution in [2.45, 2.75) is 27.1 Å². The molecule has 0 amide bonds. The van der Waals surface area contributed by atoms with Crippen molar-refractivity contribution < 1.29 is 13.3 Å². The highest BCUT2D eigenvalue weighted by Crippen LogP contribution is 2.38. The molecule has 3 rings (SSSR count). The SMILES string of the molecule is N[C@@H]1CCN(S(=O)(=O)c2cc([N+](=O)[O-])ccc2Sc2cc(Cl)cc(Cl)c2)C1. The van der Waals surface area contributed by atoms with Crippen molar-refractivity contribution in [1.82, 2.24) is 4.31 Å². The first-order valence-corrected chi connectivity index (χ1v) is 10.9. The number of rotatable bonds is 5. The monoisotopic (exact) mass is 447 g/mol. The van der Waals surface area contributed by atoms with Crippen LogP contribution in [0.15, 0.2) is 51.1 Å². The van der Waals surface area contributed by atoms with Crippen LogP contribution < -0.4 is 5.73 Å². The lowest BCUT2D eigenvalue weighted by molar-refractivity contribution is -0.385. The summed E-state index contributed by atoms with van der Waals surface area (Å²) in [5.74, 6) is 0. The smallest absolute Gasteiger partial charge is 0.270 e. The Hall–Kier alpha value is -1.36. The van der Waals surface area contributed by atoms with E-state index in [0.29, 0.717) is 26.3 Å². The minimum absolute atomic E-state index is 0.133. The molecule has 0 aliphatic carbocycles. The molecule has 0 bridgehead atoms. The molecule has 1 fully saturated rings. The van der Waals surface area contributed by atoms with Gasteiger partial charge in [-0.1, -0.05) is 35.0 Å². The van der Waals surface area contributed by atoms with Gasteiger partial charge in [-0.25, -0.2) is 8.42 Å². The first-order valence-electron chi connectivity index (χ1n) is 7.85. The van der Waals surface area contributed by atoms with E-state index in [1.807, 2.05) is 0 Å². The molecule has 0 unspecified atom stereocenters. The van der Waals surface area contributed by atoms with Crippen molar-refractivity contribution in [2.75, 3.05) is 13.1 Å². The van der Waals surface area contributed by atoms with Gasteiger partial charge in [0.1, 0.15) is 4.90 Å². The molecule has 2 N–H and O–H groups in total. The number of sulfonamides is 1. The summed E-state index contributed by atoms with van der Waals surface area (Å²) in [4.78, 5) is 11.4. The number of hydrogen-bond acceptors (Lipinski definition) is 6. The Morgan fingerprint density at radius 3 is 2.41 bits per heavy atom. The molecule has 0 radical (unpaired) electrons. The molecule has 1 aliphatic rings. The molecule has 0 spiro atoms. The summed E-state index contributed by atoms with van der Waals surface area (Å²) in [7, 11) is -3.94. The Morgan fingerprint density at radius 2 is 1.85 bits per heavy atom. The minimum atomic E-state index is -3.94. The van der Waals surface area contributed by atoms with Crippen LogP contribution in [-0.4, -0.2) is 36.8 Å². The van der Waals surface area contributed by atoms with Crippen molar-refractivity contribution in [3.63, 3.8) is 0 Å². The number of nitro benzene ring substituents is 1. The Balaban J connectivity index is 2.07. The zero-order chi connectivity index (χ0) is 19.8. The van der Waals surface area contributed by atoms with E-state index < -0.39 is 14.9 Å². The van der Waals surface area contributed by atoms with Crippen molar-refractivity contribution in [1.29, 1.82) is 0 Å². The van der Waals surface area contributed by atoms with Gasteiger partial charge in [-0.2, -0.15) is 4.31 Å². The van der Waals surface area contributed by atoms with Crippen LogP contribution in [0.5, 0.6) is 0 Å². The highest BCUT2D eigenvalue weighted by molar-refractivity contribution is 8.00. The lowest BCUT2D eigenvalue weighted by Gasteiger charge is -2.18. The van der Waals surface area contributed by atoms with Gasteiger partial charge in [-0.05, 0) is 30.7 Å². The number of nitro groups is 1. The molecule has 0 aromatic heterocycles. The molecular weight excluding hydrogens is 433 g/mol. The third-order valence-electron chi connectivity index (χ3n) is 4.01. The molecule has 0 saturated carbocycles. The van der Waals surface area contributed by atoms with Gasteiger partial charge in [0.2, 0.25) is 10.0 Å². The molecule has 2 aromatic carbocycles. The van der Waals surface area contributed by atoms with E-state index in [9.17, 15) is 18.5 Å². The molecule has 1 heterocycles. The zero-order valence-electron chi connectivity index (χ0n) is 13.8. The van der Waals surface area contributed by atoms with Crippen LogP contribution in [0.4, 0.5) is 5.69 Å². The third-order valence-corrected chi connectivity index (χ3v) is 7.53. The van der Waals surface area contributed by atoms with Crippen LogP contribution in [0.2, 0.25) is 10.0 Å². The van der Waals surface area contributed by atoms with Crippen molar-refractivity contribution in [2.24, 2.45) is 5.73 Å². The van der Waals surface area contributed by atoms with Crippen LogP contribution in [0, 0.1) is 10.1 Å². The maximum absolute atomic E-state index is 13.1. The lowest BCUT2D eigenvalue weighted by Crippen LogP contribution is -2.32. The second-order valence-corrected chi connectivity index (χ2v) is 9.90. The van der Waals surface area contributed by atoms with E-state index >= 15 is 0 Å². The maximum Gasteiger partial charge on any atom is 0.270 e. The summed E-state index contributed by atoms with van der Waals surface area (Å²) in [6.45, 7) is 0.456. The number of hydrogen-bond donors (Lipinski definition) is 1. The second-order valence-electron chi connectivity index (χ2n) is 6.01. The molecule has 144 valence electrons. The van der Waals surface area contributed by atoms with Gasteiger partial charge in [0.25, 0.3) is 5.69 Å². The average Bonchev–Trinajstić information content (AvgIpc) is 3.01. The first-order chi connectivity index (χ1) is 12.7. The summed E-state index contributed by atoms with van der Waals surface area (Å²) in [6.07, 6.45) is 0.542. The first kappa shape index (κ1) is 20.4. The topological polar surface area (TPSA) is 107 Å². The van der Waals surface area contributed by atoms with Gasteiger partial charge in [-0.15, -0.1) is 0 Å². The van der Waals surface area contributed by atoms with Gasteiger partial charge < -0.3 is 5.73 Å². The van der Waals surface area contributed by atoms with Crippen LogP contribution in [0.3, 0.4) is 0 Å². The summed E-state index contributed by atoms with van der Waals surface area (Å²) < 4.78 is 27.4. The number of halogens is 2. The van der Waals surface area contributed by atoms with Gasteiger partial charge in [0.05, 0.1) is 4.92 Å². The molecule has 27 heavy (non-hydrogen) atoms. The maximum atomic E-state index is 13.1. The highest BCUT2D eigenvalue weighted by atomic mass is 35.5. The molecule has 1 saturated heterocycles. The zero-order valence-corrected chi connectivity index (χ0v) is 17.0. The van der Waals surface area contributed by atoms with E-state index in [4.69, 9.17) is 28.9 Å². The van der Waals surface area contributed by atoms with E-state index in [2.05, 4.69) is 0 Å². The Labute approximate surface area is 170 Å². The fraction of sp³-hybridized carbons (Fsp3) is 0.250. The summed E-state index contributed by atoms with van der Waals surface area (Å²) in [5, 5.41) is 12.0. The van der Waals surface area contributed by atoms with Gasteiger partial charge in [0, 0.05) is 51.1 Å². The standard InChI is InChI=1S/C16H15Cl2N3O4S2/c17-10-5-11(18)7-14(6-10)26-15-2-1-13(21(22)23)8-16(15)27(24,25)20-4-3-12(19)9-20/h1-2,5-8,12H,3-4,9,19H2/t12-/m1/s1. The molecule has 1 atom stereocenters. The van der Waals surface area contributed by atoms with Crippen molar-refractivity contribution in [3.8, 4) is 0 Å². The third kappa shape index (κ3) is 4.56. The second kappa shape index (κ2) is 7.94. The fourth-order valence-corrected chi connectivity index (χ4v) is 6.34. The Morgan fingerprint density at radius 1 is 1.19 bits per heavy atom. The number of non-ortho nitro benzene ring substituents is 1. The summed E-state index contributed by atoms with van der Waals surface area (Å²) in [6, 6.07) is 8.36. The van der Waals surface area contributed by atoms with E-state index in [1.54, 1.807) is 18.2 Å². The van der Waals surface area contributed by atoms with Crippen LogP contribution in [0.1, 0.15) is 6.42 Å². The summed E-state index contributed by atoms with van der Waals surface area (Å²) >= 11 is 13.1. The van der Waals surface area contributed by atoms with E-state index in [-0.39, 0.29) is 29.7 Å². The van der Waals surface area contributed by atoms with Crippen LogP contribution in [0.25, 0.3) is 0 Å². The van der Waals surface area contributed by atoms with Gasteiger partial charge in [-0.3, -0.25) is 10.1 Å². The number of benzene rings is 2. The predicted octanol–water partition coefficient (Wildman–Crippen LogP) is 3.77. The van der Waals surface area contributed by atoms with Crippen molar-refractivity contribution >= 4 is 50.7 Å². The molecular formula is C16H15Cl2N3O4S2. The quantitative estimate of drug-likeness (QED) is 0.551. The van der Waals surface area contributed by atoms with Crippen LogP contribution >= 0.6 is 35.0 Å². The number of nitrogens with zero attached hydrogens (tertiary/aromatic N) is 2. The lowest BCUT2D eigenvalue weighted by atomic mass is 10.3.